The van der Waals surface area contributed by atoms with Gasteiger partial charge in [0.1, 0.15) is 12.4 Å². The minimum atomic E-state index is -0.477. The summed E-state index contributed by atoms with van der Waals surface area (Å²) in [5, 5.41) is 11.2. The lowest BCUT2D eigenvalue weighted by Gasteiger charge is -2.20. The van der Waals surface area contributed by atoms with Gasteiger partial charge < -0.3 is 9.94 Å². The van der Waals surface area contributed by atoms with Crippen LogP contribution in [0.1, 0.15) is 10.4 Å². The quantitative estimate of drug-likeness (QED) is 0.414. The molecular formula is C10H9NO3. The van der Waals surface area contributed by atoms with Crippen LogP contribution in [0.5, 0.6) is 5.75 Å². The summed E-state index contributed by atoms with van der Waals surface area (Å²) in [7, 11) is 0. The zero-order valence-corrected chi connectivity index (χ0v) is 7.38. The molecule has 4 nitrogen and oxygen atoms in total. The molecular weight excluding hydrogens is 182 g/mol. The lowest BCUT2D eigenvalue weighted by Crippen LogP contribution is -2.28. The van der Waals surface area contributed by atoms with Gasteiger partial charge in [-0.15, -0.1) is 5.16 Å². The van der Waals surface area contributed by atoms with E-state index in [0.717, 1.165) is 0 Å². The molecule has 1 heterocycles. The number of carbonyl (C=O) groups is 1. The summed E-state index contributed by atoms with van der Waals surface area (Å²) < 4.78 is 5.34. The Hall–Kier alpha value is -1.84. The van der Waals surface area contributed by atoms with Crippen molar-refractivity contribution in [1.29, 1.82) is 0 Å². The van der Waals surface area contributed by atoms with E-state index < -0.39 is 5.92 Å². The topological polar surface area (TPSA) is 58.9 Å². The average molecular weight is 191 g/mol. The van der Waals surface area contributed by atoms with Crippen molar-refractivity contribution in [2.75, 3.05) is 6.61 Å². The number of hydrogen-bond acceptors (Lipinski definition) is 4. The molecule has 1 N–H and O–H groups in total. The second-order valence-corrected chi connectivity index (χ2v) is 3.04. The van der Waals surface area contributed by atoms with E-state index in [1.165, 1.54) is 6.21 Å². The highest BCUT2D eigenvalue weighted by Gasteiger charge is 2.27. The summed E-state index contributed by atoms with van der Waals surface area (Å²) in [6.45, 7) is 0.236. The Kier molecular flexibility index (Phi) is 2.18. The van der Waals surface area contributed by atoms with Crippen molar-refractivity contribution in [2.24, 2.45) is 11.1 Å². The summed E-state index contributed by atoms with van der Waals surface area (Å²) in [6.07, 6.45) is 1.19. The van der Waals surface area contributed by atoms with Crippen molar-refractivity contribution < 1.29 is 14.7 Å². The highest BCUT2D eigenvalue weighted by molar-refractivity contribution is 6.08. The second-order valence-electron chi connectivity index (χ2n) is 3.04. The van der Waals surface area contributed by atoms with Crippen molar-refractivity contribution in [3.05, 3.63) is 29.8 Å². The van der Waals surface area contributed by atoms with Crippen LogP contribution in [0.3, 0.4) is 0 Å². The van der Waals surface area contributed by atoms with Gasteiger partial charge in [-0.05, 0) is 12.1 Å². The van der Waals surface area contributed by atoms with Gasteiger partial charge in [-0.25, -0.2) is 0 Å². The maximum Gasteiger partial charge on any atom is 0.178 e. The molecule has 0 bridgehead atoms. The molecule has 72 valence electrons. The van der Waals surface area contributed by atoms with Crippen LogP contribution in [0.25, 0.3) is 0 Å². The molecule has 1 aliphatic heterocycles. The molecule has 1 atom stereocenters. The first-order valence-electron chi connectivity index (χ1n) is 4.26. The standard InChI is InChI=1S/C10H9NO3/c12-10-7(5-11-13)6-14-9-4-2-1-3-8(9)10/h1-5,7,13H,6H2/b11-5-/t7-/m0/s1. The fraction of sp³-hybridized carbons (Fsp3) is 0.200. The van der Waals surface area contributed by atoms with Gasteiger partial charge in [0, 0.05) is 0 Å². The normalized spacial score (nSPS) is 20.6. The minimum absolute atomic E-state index is 0.0651. The molecule has 1 aromatic carbocycles. The third-order valence-corrected chi connectivity index (χ3v) is 2.15. The Labute approximate surface area is 80.8 Å². The van der Waals surface area contributed by atoms with E-state index in [-0.39, 0.29) is 12.4 Å². The van der Waals surface area contributed by atoms with E-state index in [1.54, 1.807) is 18.2 Å². The third kappa shape index (κ3) is 1.35. The predicted molar refractivity (Wildman–Crippen MR) is 50.0 cm³/mol. The summed E-state index contributed by atoms with van der Waals surface area (Å²) in [6, 6.07) is 7.04. The van der Waals surface area contributed by atoms with Crippen molar-refractivity contribution in [3.63, 3.8) is 0 Å². The molecule has 4 heteroatoms. The zero-order chi connectivity index (χ0) is 9.97. The van der Waals surface area contributed by atoms with E-state index >= 15 is 0 Å². The lowest BCUT2D eigenvalue weighted by molar-refractivity contribution is 0.0889. The fourth-order valence-electron chi connectivity index (χ4n) is 1.44. The number of carbonyl (C=O) groups excluding carboxylic acids is 1. The van der Waals surface area contributed by atoms with Crippen molar-refractivity contribution in [3.8, 4) is 5.75 Å². The number of Topliss-reactive ketones (excluding diaryl/α,β-unsaturated/α-hetero) is 1. The Morgan fingerprint density at radius 1 is 1.50 bits per heavy atom. The number of para-hydroxylation sites is 1. The largest absolute Gasteiger partial charge is 0.492 e. The van der Waals surface area contributed by atoms with Gasteiger partial charge in [0.15, 0.2) is 5.78 Å². The second kappa shape index (κ2) is 3.49. The maximum absolute atomic E-state index is 11.7. The van der Waals surface area contributed by atoms with E-state index in [4.69, 9.17) is 9.94 Å². The van der Waals surface area contributed by atoms with Crippen molar-refractivity contribution in [2.45, 2.75) is 0 Å². The van der Waals surface area contributed by atoms with Gasteiger partial charge in [0.25, 0.3) is 0 Å². The number of ketones is 1. The van der Waals surface area contributed by atoms with Crippen molar-refractivity contribution >= 4 is 12.0 Å². The molecule has 0 aliphatic carbocycles. The van der Waals surface area contributed by atoms with Gasteiger partial charge in [0.2, 0.25) is 0 Å². The van der Waals surface area contributed by atoms with Crippen molar-refractivity contribution in [1.82, 2.24) is 0 Å². The number of oxime groups is 1. The van der Waals surface area contributed by atoms with Crippen LogP contribution in [0.4, 0.5) is 0 Å². The number of benzene rings is 1. The van der Waals surface area contributed by atoms with Crippen LogP contribution >= 0.6 is 0 Å². The Morgan fingerprint density at radius 2 is 2.29 bits per heavy atom. The molecule has 0 spiro atoms. The first-order valence-corrected chi connectivity index (χ1v) is 4.26. The Morgan fingerprint density at radius 3 is 3.07 bits per heavy atom. The van der Waals surface area contributed by atoms with E-state index in [2.05, 4.69) is 5.16 Å². The number of nitrogens with zero attached hydrogens (tertiary/aromatic N) is 1. The third-order valence-electron chi connectivity index (χ3n) is 2.15. The minimum Gasteiger partial charge on any atom is -0.492 e. The van der Waals surface area contributed by atoms with Crippen LogP contribution in [0, 0.1) is 5.92 Å². The van der Waals surface area contributed by atoms with Gasteiger partial charge in [-0.1, -0.05) is 12.1 Å². The average Bonchev–Trinajstić information content (AvgIpc) is 2.23. The molecule has 0 saturated heterocycles. The fourth-order valence-corrected chi connectivity index (χ4v) is 1.44. The molecule has 2 rings (SSSR count). The van der Waals surface area contributed by atoms with Gasteiger partial charge >= 0.3 is 0 Å². The first-order chi connectivity index (χ1) is 6.83. The highest BCUT2D eigenvalue weighted by Crippen LogP contribution is 2.25. The molecule has 1 aromatic rings. The first kappa shape index (κ1) is 8.74. The number of rotatable bonds is 1. The van der Waals surface area contributed by atoms with Gasteiger partial charge in [0.05, 0.1) is 17.7 Å². The smallest absolute Gasteiger partial charge is 0.178 e. The molecule has 0 amide bonds. The molecule has 0 fully saturated rings. The molecule has 0 saturated carbocycles. The molecule has 0 radical (unpaired) electrons. The summed E-state index contributed by atoms with van der Waals surface area (Å²) in [5.41, 5.74) is 0.545. The van der Waals surface area contributed by atoms with Gasteiger partial charge in [-0.2, -0.15) is 0 Å². The van der Waals surface area contributed by atoms with Crippen LogP contribution in [0.15, 0.2) is 29.4 Å². The Bertz CT molecular complexity index is 387. The monoisotopic (exact) mass is 191 g/mol. The van der Waals surface area contributed by atoms with Crippen LogP contribution < -0.4 is 4.74 Å². The Balaban J connectivity index is 2.36. The number of hydrogen-bond donors (Lipinski definition) is 1. The number of fused-ring (bicyclic) bond motifs is 1. The van der Waals surface area contributed by atoms with Crippen LogP contribution in [0.2, 0.25) is 0 Å². The summed E-state index contributed by atoms with van der Waals surface area (Å²) in [5.74, 6) is 0.0552. The van der Waals surface area contributed by atoms with E-state index in [0.29, 0.717) is 11.3 Å². The van der Waals surface area contributed by atoms with Gasteiger partial charge in [-0.3, -0.25) is 4.79 Å². The molecule has 14 heavy (non-hydrogen) atoms. The van der Waals surface area contributed by atoms with E-state index in [1.807, 2.05) is 6.07 Å². The lowest BCUT2D eigenvalue weighted by atomic mass is 9.96. The van der Waals surface area contributed by atoms with Crippen LogP contribution in [-0.2, 0) is 0 Å². The van der Waals surface area contributed by atoms with E-state index in [9.17, 15) is 4.79 Å². The maximum atomic E-state index is 11.7. The summed E-state index contributed by atoms with van der Waals surface area (Å²) in [4.78, 5) is 11.7. The van der Waals surface area contributed by atoms with Crippen LogP contribution in [-0.4, -0.2) is 23.8 Å². The predicted octanol–water partition coefficient (Wildman–Crippen LogP) is 1.34. The summed E-state index contributed by atoms with van der Waals surface area (Å²) >= 11 is 0. The zero-order valence-electron chi connectivity index (χ0n) is 7.38. The molecule has 0 aromatic heterocycles. The SMILES string of the molecule is O=C1c2ccccc2OC[C@@H]1/C=N\O. The molecule has 1 aliphatic rings. The number of ether oxygens (including phenoxy) is 1. The molecule has 0 unspecified atom stereocenters. The highest BCUT2D eigenvalue weighted by atomic mass is 16.5.